The number of unbranched alkanes of at least 4 members (excludes halogenated alkanes) is 11. The third kappa shape index (κ3) is 12.5. The smallest absolute Gasteiger partial charge is 0.324 e. The highest BCUT2D eigenvalue weighted by molar-refractivity contribution is 7.51. The first-order chi connectivity index (χ1) is 18.9. The van der Waals surface area contributed by atoms with E-state index in [1.807, 2.05) is 6.20 Å². The number of pyridine rings is 3. The van der Waals surface area contributed by atoms with Crippen molar-refractivity contribution in [2.75, 3.05) is 6.16 Å². The van der Waals surface area contributed by atoms with Crippen LogP contribution in [0.1, 0.15) is 90.4 Å². The van der Waals surface area contributed by atoms with Crippen molar-refractivity contribution < 1.29 is 23.5 Å². The molecule has 0 aliphatic heterocycles. The summed E-state index contributed by atoms with van der Waals surface area (Å²) in [5.41, 5.74) is 4.42. The zero-order chi connectivity index (χ0) is 27.8. The molecule has 7 heteroatoms. The van der Waals surface area contributed by atoms with Crippen molar-refractivity contribution in [3.05, 3.63) is 67.4 Å². The molecular weight excluding hydrogens is 505 g/mol. The maximum atomic E-state index is 10.9. The van der Waals surface area contributed by atoms with E-state index in [1.54, 1.807) is 0 Å². The van der Waals surface area contributed by atoms with Gasteiger partial charge in [0.25, 0.3) is 0 Å². The molecule has 39 heavy (non-hydrogen) atoms. The van der Waals surface area contributed by atoms with Gasteiger partial charge in [-0.2, -0.15) is 0 Å². The lowest BCUT2D eigenvalue weighted by molar-refractivity contribution is -0.697. The van der Waals surface area contributed by atoms with Gasteiger partial charge in [-0.1, -0.05) is 64.4 Å². The predicted molar refractivity (Wildman–Crippen MR) is 158 cm³/mol. The summed E-state index contributed by atoms with van der Waals surface area (Å²) in [7, 11) is -3.83. The Labute approximate surface area is 235 Å². The van der Waals surface area contributed by atoms with Crippen LogP contribution in [0.2, 0.25) is 0 Å². The highest BCUT2D eigenvalue weighted by Crippen LogP contribution is 2.35. The Hall–Kier alpha value is -2.40. The number of hydrogen-bond donors (Lipinski definition) is 2. The van der Waals surface area contributed by atoms with Gasteiger partial charge in [-0.25, -0.2) is 9.13 Å². The highest BCUT2D eigenvalue weighted by atomic mass is 31.2. The number of hydrogen-bond acceptors (Lipinski definition) is 2. The molecule has 0 amide bonds. The van der Waals surface area contributed by atoms with Crippen LogP contribution in [-0.4, -0.2) is 20.9 Å². The summed E-state index contributed by atoms with van der Waals surface area (Å²) >= 11 is 0. The molecule has 3 rings (SSSR count). The molecule has 0 aliphatic rings. The molecule has 0 aromatic carbocycles. The van der Waals surface area contributed by atoms with Crippen LogP contribution in [0.4, 0.5) is 0 Å². The fourth-order valence-electron chi connectivity index (χ4n) is 4.88. The maximum absolute atomic E-state index is 10.9. The first-order valence-electron chi connectivity index (χ1n) is 14.9. The van der Waals surface area contributed by atoms with Crippen LogP contribution in [0, 0.1) is 0 Å². The molecule has 0 radical (unpaired) electrons. The van der Waals surface area contributed by atoms with Crippen molar-refractivity contribution in [3.63, 3.8) is 0 Å². The second-order valence-electron chi connectivity index (χ2n) is 10.7. The van der Waals surface area contributed by atoms with E-state index in [9.17, 15) is 4.57 Å². The lowest BCUT2D eigenvalue weighted by atomic mass is 10.1. The first kappa shape index (κ1) is 31.1. The molecule has 2 N–H and O–H groups in total. The second kappa shape index (κ2) is 17.3. The van der Waals surface area contributed by atoms with Crippen molar-refractivity contribution in [2.45, 2.75) is 103 Å². The van der Waals surface area contributed by atoms with E-state index >= 15 is 0 Å². The third-order valence-electron chi connectivity index (χ3n) is 7.31. The molecule has 6 nitrogen and oxygen atoms in total. The number of aryl methyl sites for hydroxylation is 2. The van der Waals surface area contributed by atoms with Gasteiger partial charge in [0.15, 0.2) is 24.8 Å². The molecule has 3 aromatic rings. The van der Waals surface area contributed by atoms with Gasteiger partial charge < -0.3 is 9.79 Å². The molecule has 212 valence electrons. The Morgan fingerprint density at radius 2 is 1.10 bits per heavy atom. The van der Waals surface area contributed by atoms with E-state index in [-0.39, 0.29) is 6.16 Å². The average Bonchev–Trinajstić information content (AvgIpc) is 2.94. The SMILES string of the molecule is CCCCCCCCC[n+]1ccc(-c2ccc(-c3cc[n+](CCCCCCCCP(=O)(O)O)cc3)cn2)cc1. The van der Waals surface area contributed by atoms with Crippen LogP contribution in [0.5, 0.6) is 0 Å². The van der Waals surface area contributed by atoms with E-state index in [2.05, 4.69) is 77.2 Å². The zero-order valence-corrected chi connectivity index (χ0v) is 24.7. The van der Waals surface area contributed by atoms with Crippen molar-refractivity contribution in [1.29, 1.82) is 0 Å². The van der Waals surface area contributed by atoms with E-state index in [0.29, 0.717) is 6.42 Å². The summed E-state index contributed by atoms with van der Waals surface area (Å²) in [5.74, 6) is 0. The van der Waals surface area contributed by atoms with Crippen LogP contribution >= 0.6 is 7.60 Å². The Balaban J connectivity index is 1.37. The second-order valence-corrected chi connectivity index (χ2v) is 12.5. The minimum Gasteiger partial charge on any atom is -0.324 e. The molecule has 0 atom stereocenters. The van der Waals surface area contributed by atoms with Gasteiger partial charge in [0.05, 0.1) is 5.69 Å². The van der Waals surface area contributed by atoms with Crippen molar-refractivity contribution in [3.8, 4) is 22.4 Å². The van der Waals surface area contributed by atoms with E-state index < -0.39 is 7.60 Å². The molecular formula is C32H48N3O3P+2. The fourth-order valence-corrected chi connectivity index (χ4v) is 5.52. The van der Waals surface area contributed by atoms with Crippen LogP contribution in [0.3, 0.4) is 0 Å². The van der Waals surface area contributed by atoms with Gasteiger partial charge in [0.2, 0.25) is 0 Å². The summed E-state index contributed by atoms with van der Waals surface area (Å²) in [6.45, 7) is 4.32. The molecule has 0 spiro atoms. The Morgan fingerprint density at radius 3 is 1.59 bits per heavy atom. The monoisotopic (exact) mass is 553 g/mol. The summed E-state index contributed by atoms with van der Waals surface area (Å²) in [5, 5.41) is 0. The minimum absolute atomic E-state index is 0.0130. The van der Waals surface area contributed by atoms with E-state index in [4.69, 9.17) is 14.8 Å². The van der Waals surface area contributed by atoms with Crippen LogP contribution < -0.4 is 9.13 Å². The lowest BCUT2D eigenvalue weighted by Gasteiger charge is -2.05. The Kier molecular flexibility index (Phi) is 13.8. The van der Waals surface area contributed by atoms with Gasteiger partial charge in [-0.15, -0.1) is 0 Å². The molecule has 3 heterocycles. The van der Waals surface area contributed by atoms with Crippen LogP contribution in [0.25, 0.3) is 22.4 Å². The molecule has 3 aromatic heterocycles. The van der Waals surface area contributed by atoms with Crippen molar-refractivity contribution >= 4 is 7.60 Å². The Morgan fingerprint density at radius 1 is 0.615 bits per heavy atom. The van der Waals surface area contributed by atoms with Gasteiger partial charge in [-0.05, 0) is 30.9 Å². The number of aromatic nitrogens is 3. The lowest BCUT2D eigenvalue weighted by Crippen LogP contribution is -2.32. The summed E-state index contributed by atoms with van der Waals surface area (Å²) in [6.07, 6.45) is 25.8. The molecule has 0 saturated carbocycles. The van der Waals surface area contributed by atoms with Crippen molar-refractivity contribution in [2.24, 2.45) is 0 Å². The maximum Gasteiger partial charge on any atom is 0.325 e. The predicted octanol–water partition coefficient (Wildman–Crippen LogP) is 7.26. The summed E-state index contributed by atoms with van der Waals surface area (Å²) in [4.78, 5) is 22.5. The molecule has 0 bridgehead atoms. The topological polar surface area (TPSA) is 78.2 Å². The minimum atomic E-state index is -3.83. The quantitative estimate of drug-likeness (QED) is 0.0930. The summed E-state index contributed by atoms with van der Waals surface area (Å²) in [6, 6.07) is 12.9. The standard InChI is InChI=1S/C32H46N3O3P/c1-2-3-4-5-6-9-12-22-35-25-19-30(20-26-35)32-16-15-31(28-33-32)29-17-23-34(24-18-29)21-13-10-7-8-11-14-27-39(36,37)38/h15-20,23-26,28H,2-14,21-22,27H2,1H3/p+2. The van der Waals surface area contributed by atoms with Gasteiger partial charge >= 0.3 is 7.60 Å². The van der Waals surface area contributed by atoms with Gasteiger partial charge in [0, 0.05) is 60.6 Å². The fraction of sp³-hybridized carbons (Fsp3) is 0.531. The Bertz CT molecular complexity index is 1110. The third-order valence-corrected chi connectivity index (χ3v) is 8.21. The number of nitrogens with zero attached hydrogens (tertiary/aromatic N) is 3. The first-order valence-corrected chi connectivity index (χ1v) is 16.7. The zero-order valence-electron chi connectivity index (χ0n) is 23.8. The van der Waals surface area contributed by atoms with Gasteiger partial charge in [-0.3, -0.25) is 9.55 Å². The highest BCUT2D eigenvalue weighted by Gasteiger charge is 2.11. The molecule has 0 aliphatic carbocycles. The number of rotatable bonds is 19. The van der Waals surface area contributed by atoms with Crippen LogP contribution in [-0.2, 0) is 17.7 Å². The normalized spacial score (nSPS) is 11.7. The average molecular weight is 554 g/mol. The van der Waals surface area contributed by atoms with E-state index in [0.717, 1.165) is 67.6 Å². The van der Waals surface area contributed by atoms with E-state index in [1.165, 1.54) is 44.9 Å². The van der Waals surface area contributed by atoms with Crippen LogP contribution in [0.15, 0.2) is 67.4 Å². The molecule has 0 saturated heterocycles. The van der Waals surface area contributed by atoms with Crippen molar-refractivity contribution in [1.82, 2.24) is 4.98 Å². The molecule has 0 unspecified atom stereocenters. The van der Waals surface area contributed by atoms with Gasteiger partial charge in [0.1, 0.15) is 13.1 Å². The summed E-state index contributed by atoms with van der Waals surface area (Å²) < 4.78 is 15.4. The largest absolute Gasteiger partial charge is 0.325 e. The molecule has 0 fully saturated rings.